The lowest BCUT2D eigenvalue weighted by atomic mass is 10.0. The molecular weight excluding hydrogens is 432 g/mol. The second-order valence-electron chi connectivity index (χ2n) is 6.35. The van der Waals surface area contributed by atoms with E-state index in [1.54, 1.807) is 30.3 Å². The lowest BCUT2D eigenvalue weighted by Gasteiger charge is -2.10. The number of nitrogens with one attached hydrogen (secondary N) is 2. The van der Waals surface area contributed by atoms with Crippen molar-refractivity contribution >= 4 is 27.7 Å². The Labute approximate surface area is 178 Å². The molecule has 6 heteroatoms. The zero-order chi connectivity index (χ0) is 20.6. The van der Waals surface area contributed by atoms with Gasteiger partial charge in [0.2, 0.25) is 0 Å². The maximum absolute atomic E-state index is 12.3. The van der Waals surface area contributed by atoms with E-state index in [9.17, 15) is 9.59 Å². The van der Waals surface area contributed by atoms with Crippen LogP contribution in [0.2, 0.25) is 0 Å². The van der Waals surface area contributed by atoms with Crippen molar-refractivity contribution in [2.24, 2.45) is 0 Å². The van der Waals surface area contributed by atoms with Crippen molar-refractivity contribution in [1.29, 1.82) is 0 Å². The largest absolute Gasteiger partial charge is 0.492 e. The molecule has 0 saturated carbocycles. The fourth-order valence-corrected chi connectivity index (χ4v) is 3.17. The molecule has 0 spiro atoms. The molecule has 3 aromatic carbocycles. The van der Waals surface area contributed by atoms with Crippen LogP contribution in [0, 0.1) is 0 Å². The molecule has 2 N–H and O–H groups in total. The summed E-state index contributed by atoms with van der Waals surface area (Å²) in [6.45, 7) is 2.62. The van der Waals surface area contributed by atoms with Crippen molar-refractivity contribution in [3.63, 3.8) is 0 Å². The molecule has 0 aromatic heterocycles. The summed E-state index contributed by atoms with van der Waals surface area (Å²) < 4.78 is 6.25. The number of benzene rings is 3. The molecule has 0 bridgehead atoms. The number of amides is 2. The lowest BCUT2D eigenvalue weighted by Crippen LogP contribution is -2.41. The Kier molecular flexibility index (Phi) is 7.03. The zero-order valence-corrected chi connectivity index (χ0v) is 17.5. The number of carbonyl (C=O) groups is 2. The molecule has 0 heterocycles. The van der Waals surface area contributed by atoms with Gasteiger partial charge in [-0.05, 0) is 63.8 Å². The first-order valence-corrected chi connectivity index (χ1v) is 10.1. The number of carbonyl (C=O) groups excluding carboxylic acids is 2. The van der Waals surface area contributed by atoms with Crippen LogP contribution in [0.15, 0.2) is 77.3 Å². The van der Waals surface area contributed by atoms with Crippen LogP contribution in [-0.2, 0) is 0 Å². The average molecular weight is 453 g/mol. The van der Waals surface area contributed by atoms with Gasteiger partial charge in [0.05, 0.1) is 11.1 Å². The quantitative estimate of drug-likeness (QED) is 0.518. The molecule has 2 amide bonds. The highest BCUT2D eigenvalue weighted by atomic mass is 79.9. The molecule has 0 radical (unpaired) electrons. The van der Waals surface area contributed by atoms with Gasteiger partial charge < -0.3 is 4.74 Å². The molecule has 29 heavy (non-hydrogen) atoms. The summed E-state index contributed by atoms with van der Waals surface area (Å²) in [6, 6.07) is 22.1. The Hall–Kier alpha value is -3.12. The van der Waals surface area contributed by atoms with E-state index in [-0.39, 0.29) is 5.91 Å². The molecular formula is C23H21BrN2O3. The topological polar surface area (TPSA) is 67.4 Å². The summed E-state index contributed by atoms with van der Waals surface area (Å²) in [4.78, 5) is 24.6. The Balaban J connectivity index is 1.59. The molecule has 0 saturated heterocycles. The fraction of sp³-hybridized carbons (Fsp3) is 0.130. The standard InChI is InChI=1S/C23H21BrN2O3/c1-2-14-29-21-13-12-19(15-20(21)24)23(28)26-25-22(27)18-10-8-17(9-11-18)16-6-4-3-5-7-16/h3-13,15H,2,14H2,1H3,(H,25,27)(H,26,28). The van der Waals surface area contributed by atoms with Crippen molar-refractivity contribution < 1.29 is 14.3 Å². The highest BCUT2D eigenvalue weighted by Gasteiger charge is 2.11. The van der Waals surface area contributed by atoms with Crippen molar-refractivity contribution in [1.82, 2.24) is 10.9 Å². The Morgan fingerprint density at radius 1 is 0.828 bits per heavy atom. The van der Waals surface area contributed by atoms with Crippen LogP contribution < -0.4 is 15.6 Å². The second-order valence-corrected chi connectivity index (χ2v) is 7.20. The van der Waals surface area contributed by atoms with Crippen molar-refractivity contribution in [3.8, 4) is 16.9 Å². The molecule has 0 fully saturated rings. The number of halogens is 1. The third-order valence-corrected chi connectivity index (χ3v) is 4.82. The lowest BCUT2D eigenvalue weighted by molar-refractivity contribution is 0.0846. The van der Waals surface area contributed by atoms with Gasteiger partial charge >= 0.3 is 0 Å². The number of hydrazine groups is 1. The maximum atomic E-state index is 12.3. The first-order chi connectivity index (χ1) is 14.1. The molecule has 0 aliphatic rings. The van der Waals surface area contributed by atoms with Crippen molar-refractivity contribution in [2.75, 3.05) is 6.61 Å². The predicted octanol–water partition coefficient (Wildman–Crippen LogP) is 4.98. The fourth-order valence-electron chi connectivity index (χ4n) is 2.67. The monoisotopic (exact) mass is 452 g/mol. The van der Waals surface area contributed by atoms with Crippen LogP contribution in [0.3, 0.4) is 0 Å². The zero-order valence-electron chi connectivity index (χ0n) is 15.9. The van der Waals surface area contributed by atoms with Crippen LogP contribution in [0.5, 0.6) is 5.75 Å². The van der Waals surface area contributed by atoms with E-state index in [2.05, 4.69) is 26.8 Å². The normalized spacial score (nSPS) is 10.3. The van der Waals surface area contributed by atoms with Gasteiger partial charge in [-0.25, -0.2) is 0 Å². The number of rotatable bonds is 6. The molecule has 5 nitrogen and oxygen atoms in total. The molecule has 0 aliphatic carbocycles. The number of hydrogen-bond donors (Lipinski definition) is 2. The highest BCUT2D eigenvalue weighted by Crippen LogP contribution is 2.26. The maximum Gasteiger partial charge on any atom is 0.269 e. The molecule has 0 aliphatic heterocycles. The van der Waals surface area contributed by atoms with Gasteiger partial charge in [-0.1, -0.05) is 49.4 Å². The van der Waals surface area contributed by atoms with Crippen LogP contribution in [0.1, 0.15) is 34.1 Å². The van der Waals surface area contributed by atoms with Crippen molar-refractivity contribution in [3.05, 3.63) is 88.4 Å². The SMILES string of the molecule is CCCOc1ccc(C(=O)NNC(=O)c2ccc(-c3ccccc3)cc2)cc1Br. The van der Waals surface area contributed by atoms with Gasteiger partial charge in [-0.3, -0.25) is 20.4 Å². The van der Waals surface area contributed by atoms with E-state index in [1.165, 1.54) is 0 Å². The minimum Gasteiger partial charge on any atom is -0.492 e. The Morgan fingerprint density at radius 3 is 2.03 bits per heavy atom. The summed E-state index contributed by atoms with van der Waals surface area (Å²) in [5.41, 5.74) is 7.82. The minimum absolute atomic E-state index is 0.389. The van der Waals surface area contributed by atoms with E-state index in [0.717, 1.165) is 17.5 Å². The number of hydrogen-bond acceptors (Lipinski definition) is 3. The Morgan fingerprint density at radius 2 is 1.41 bits per heavy atom. The van der Waals surface area contributed by atoms with E-state index in [4.69, 9.17) is 4.74 Å². The van der Waals surface area contributed by atoms with Gasteiger partial charge in [-0.2, -0.15) is 0 Å². The van der Waals surface area contributed by atoms with Crippen molar-refractivity contribution in [2.45, 2.75) is 13.3 Å². The molecule has 3 aromatic rings. The summed E-state index contributed by atoms with van der Waals surface area (Å²) in [6.07, 6.45) is 0.896. The van der Waals surface area contributed by atoms with Gasteiger partial charge in [0.25, 0.3) is 11.8 Å². The van der Waals surface area contributed by atoms with Crippen LogP contribution in [0.4, 0.5) is 0 Å². The van der Waals surface area contributed by atoms with Crippen LogP contribution in [-0.4, -0.2) is 18.4 Å². The highest BCUT2D eigenvalue weighted by molar-refractivity contribution is 9.10. The molecule has 0 atom stereocenters. The molecule has 0 unspecified atom stereocenters. The summed E-state index contributed by atoms with van der Waals surface area (Å²) in [5.74, 6) is -0.132. The van der Waals surface area contributed by atoms with Gasteiger partial charge in [-0.15, -0.1) is 0 Å². The summed E-state index contributed by atoms with van der Waals surface area (Å²) in [5, 5.41) is 0. The first-order valence-electron chi connectivity index (χ1n) is 9.27. The van der Waals surface area contributed by atoms with Gasteiger partial charge in [0.15, 0.2) is 0 Å². The van der Waals surface area contributed by atoms with Crippen LogP contribution in [0.25, 0.3) is 11.1 Å². The number of ether oxygens (including phenoxy) is 1. The van der Waals surface area contributed by atoms with E-state index in [1.807, 2.05) is 49.4 Å². The molecule has 3 rings (SSSR count). The third-order valence-electron chi connectivity index (χ3n) is 4.20. The van der Waals surface area contributed by atoms with E-state index in [0.29, 0.717) is 28.0 Å². The predicted molar refractivity (Wildman–Crippen MR) is 117 cm³/mol. The van der Waals surface area contributed by atoms with Gasteiger partial charge in [0.1, 0.15) is 5.75 Å². The van der Waals surface area contributed by atoms with Crippen LogP contribution >= 0.6 is 15.9 Å². The van der Waals surface area contributed by atoms with E-state index < -0.39 is 5.91 Å². The minimum atomic E-state index is -0.415. The first kappa shape index (κ1) is 20.6. The smallest absolute Gasteiger partial charge is 0.269 e. The molecule has 148 valence electrons. The second kappa shape index (κ2) is 9.89. The van der Waals surface area contributed by atoms with Gasteiger partial charge in [0, 0.05) is 11.1 Å². The summed E-state index contributed by atoms with van der Waals surface area (Å²) in [7, 11) is 0. The third kappa shape index (κ3) is 5.45. The van der Waals surface area contributed by atoms with E-state index >= 15 is 0 Å². The Bertz CT molecular complexity index is 989. The summed E-state index contributed by atoms with van der Waals surface area (Å²) >= 11 is 3.40. The average Bonchev–Trinajstić information content (AvgIpc) is 2.77.